The number of rotatable bonds is 8. The number of carbonyl (C=O) groups excluding carboxylic acids is 1. The van der Waals surface area contributed by atoms with Crippen molar-refractivity contribution in [2.75, 3.05) is 30.4 Å². The highest BCUT2D eigenvalue weighted by Gasteiger charge is 2.18. The van der Waals surface area contributed by atoms with Gasteiger partial charge in [-0.1, -0.05) is 37.3 Å². The number of hydrogen-bond acceptors (Lipinski definition) is 5. The van der Waals surface area contributed by atoms with Gasteiger partial charge in [-0.15, -0.1) is 11.3 Å². The minimum atomic E-state index is -0.0366. The molecule has 1 heterocycles. The first-order chi connectivity index (χ1) is 14.0. The van der Waals surface area contributed by atoms with Crippen LogP contribution in [0.15, 0.2) is 60.0 Å². The topological polar surface area (TPSA) is 39.7 Å². The lowest BCUT2D eigenvalue weighted by molar-refractivity contribution is -0.115. The average Bonchev–Trinajstić information content (AvgIpc) is 3.16. The molecule has 0 bridgehead atoms. The van der Waals surface area contributed by atoms with Crippen LogP contribution in [0, 0.1) is 0 Å². The summed E-state index contributed by atoms with van der Waals surface area (Å²) in [6, 6.07) is 18.3. The maximum atomic E-state index is 12.2. The molecule has 0 atom stereocenters. The van der Waals surface area contributed by atoms with E-state index in [-0.39, 0.29) is 5.91 Å². The van der Waals surface area contributed by atoms with Crippen LogP contribution in [-0.4, -0.2) is 36.4 Å². The van der Waals surface area contributed by atoms with Crippen LogP contribution < -0.4 is 9.80 Å². The Bertz CT molecular complexity index is 922. The van der Waals surface area contributed by atoms with Gasteiger partial charge in [0.1, 0.15) is 0 Å². The van der Waals surface area contributed by atoms with E-state index in [9.17, 15) is 4.79 Å². The molecule has 1 aromatic heterocycles. The van der Waals surface area contributed by atoms with Gasteiger partial charge in [0.05, 0.1) is 11.4 Å². The second kappa shape index (κ2) is 9.67. The predicted molar refractivity (Wildman–Crippen MR) is 122 cm³/mol. The van der Waals surface area contributed by atoms with Crippen LogP contribution in [0.3, 0.4) is 0 Å². The summed E-state index contributed by atoms with van der Waals surface area (Å²) >= 11 is 1.51. The lowest BCUT2D eigenvalue weighted by Crippen LogP contribution is -2.24. The van der Waals surface area contributed by atoms with Crippen LogP contribution in [0.2, 0.25) is 0 Å². The SMILES string of the molecule is CCN(Cc1ccc(N(C)C)cc1)Cc1csc(N(C(C)=O)c2ccccc2)n1. The summed E-state index contributed by atoms with van der Waals surface area (Å²) in [6.07, 6.45) is 0. The van der Waals surface area contributed by atoms with Crippen LogP contribution in [0.5, 0.6) is 0 Å². The summed E-state index contributed by atoms with van der Waals surface area (Å²) in [5, 5.41) is 2.76. The molecule has 0 N–H and O–H groups in total. The molecule has 2 aromatic carbocycles. The first kappa shape index (κ1) is 21.0. The quantitative estimate of drug-likeness (QED) is 0.531. The minimum absolute atomic E-state index is 0.0366. The third-order valence-corrected chi connectivity index (χ3v) is 5.63. The molecule has 0 aliphatic rings. The monoisotopic (exact) mass is 408 g/mol. The van der Waals surface area contributed by atoms with Crippen LogP contribution in [-0.2, 0) is 17.9 Å². The molecule has 29 heavy (non-hydrogen) atoms. The molecule has 0 unspecified atom stereocenters. The summed E-state index contributed by atoms with van der Waals surface area (Å²) in [6.45, 7) is 6.28. The standard InChI is InChI=1S/C23H28N4OS/c1-5-26(15-19-11-13-21(14-12-19)25(3)4)16-20-17-29-23(24-20)27(18(2)28)22-9-7-6-8-10-22/h6-14,17H,5,15-16H2,1-4H3. The van der Waals surface area contributed by atoms with Gasteiger partial charge in [0, 0.05) is 45.2 Å². The van der Waals surface area contributed by atoms with Gasteiger partial charge < -0.3 is 4.90 Å². The Morgan fingerprint density at radius 2 is 1.66 bits per heavy atom. The summed E-state index contributed by atoms with van der Waals surface area (Å²) < 4.78 is 0. The highest BCUT2D eigenvalue weighted by molar-refractivity contribution is 7.14. The lowest BCUT2D eigenvalue weighted by Gasteiger charge is -2.20. The molecular formula is C23H28N4OS. The second-order valence-electron chi connectivity index (χ2n) is 7.18. The second-order valence-corrected chi connectivity index (χ2v) is 8.01. The van der Waals surface area contributed by atoms with Crippen molar-refractivity contribution in [3.05, 3.63) is 71.2 Å². The van der Waals surface area contributed by atoms with Crippen molar-refractivity contribution in [1.82, 2.24) is 9.88 Å². The zero-order valence-electron chi connectivity index (χ0n) is 17.5. The number of benzene rings is 2. The van der Waals surface area contributed by atoms with Crippen molar-refractivity contribution in [3.63, 3.8) is 0 Å². The van der Waals surface area contributed by atoms with Crippen LogP contribution in [0.4, 0.5) is 16.5 Å². The van der Waals surface area contributed by atoms with Gasteiger partial charge >= 0.3 is 0 Å². The maximum Gasteiger partial charge on any atom is 0.230 e. The van der Waals surface area contributed by atoms with Gasteiger partial charge in [-0.2, -0.15) is 0 Å². The fourth-order valence-corrected chi connectivity index (χ4v) is 4.02. The molecule has 3 rings (SSSR count). The minimum Gasteiger partial charge on any atom is -0.378 e. The van der Waals surface area contributed by atoms with E-state index in [1.807, 2.05) is 49.8 Å². The van der Waals surface area contributed by atoms with Gasteiger partial charge in [-0.05, 0) is 36.4 Å². The smallest absolute Gasteiger partial charge is 0.230 e. The summed E-state index contributed by atoms with van der Waals surface area (Å²) in [4.78, 5) is 23.1. The highest BCUT2D eigenvalue weighted by Crippen LogP contribution is 2.29. The number of amides is 1. The van der Waals surface area contributed by atoms with E-state index in [2.05, 4.69) is 41.0 Å². The highest BCUT2D eigenvalue weighted by atomic mass is 32.1. The Kier molecular flexibility index (Phi) is 7.01. The molecule has 1 amide bonds. The van der Waals surface area contributed by atoms with Crippen LogP contribution in [0.1, 0.15) is 25.1 Å². The van der Waals surface area contributed by atoms with Gasteiger partial charge in [0.2, 0.25) is 5.91 Å². The van der Waals surface area contributed by atoms with E-state index in [0.717, 1.165) is 31.0 Å². The van der Waals surface area contributed by atoms with Gasteiger partial charge in [-0.3, -0.25) is 14.6 Å². The Hall–Kier alpha value is -2.70. The molecule has 0 spiro atoms. The Morgan fingerprint density at radius 1 is 0.966 bits per heavy atom. The lowest BCUT2D eigenvalue weighted by atomic mass is 10.2. The van der Waals surface area contributed by atoms with E-state index in [4.69, 9.17) is 4.98 Å². The molecule has 0 saturated carbocycles. The van der Waals surface area contributed by atoms with Gasteiger partial charge in [0.25, 0.3) is 0 Å². The predicted octanol–water partition coefficient (Wildman–Crippen LogP) is 4.92. The molecule has 3 aromatic rings. The number of anilines is 3. The number of aromatic nitrogens is 1. The number of thiazole rings is 1. The molecule has 152 valence electrons. The number of para-hydroxylation sites is 1. The third kappa shape index (κ3) is 5.43. The molecule has 0 fully saturated rings. The molecular weight excluding hydrogens is 380 g/mol. The van der Waals surface area contributed by atoms with Crippen molar-refractivity contribution in [3.8, 4) is 0 Å². The molecule has 6 heteroatoms. The Labute approximate surface area is 177 Å². The molecule has 0 saturated heterocycles. The van der Waals surface area contributed by atoms with Gasteiger partial charge in [-0.25, -0.2) is 4.98 Å². The number of hydrogen-bond donors (Lipinski definition) is 0. The number of carbonyl (C=O) groups is 1. The zero-order chi connectivity index (χ0) is 20.8. The molecule has 5 nitrogen and oxygen atoms in total. The molecule has 0 aliphatic carbocycles. The fraction of sp³-hybridized carbons (Fsp3) is 0.304. The first-order valence-electron chi connectivity index (χ1n) is 9.76. The third-order valence-electron chi connectivity index (χ3n) is 4.75. The van der Waals surface area contributed by atoms with Crippen LogP contribution >= 0.6 is 11.3 Å². The summed E-state index contributed by atoms with van der Waals surface area (Å²) in [5.74, 6) is -0.0366. The first-order valence-corrected chi connectivity index (χ1v) is 10.6. The van der Waals surface area contributed by atoms with Crippen LogP contribution in [0.25, 0.3) is 0 Å². The number of nitrogens with zero attached hydrogens (tertiary/aromatic N) is 4. The van der Waals surface area contributed by atoms with E-state index in [1.54, 1.807) is 11.8 Å². The molecule has 0 radical (unpaired) electrons. The van der Waals surface area contributed by atoms with Crippen molar-refractivity contribution in [2.45, 2.75) is 26.9 Å². The largest absolute Gasteiger partial charge is 0.378 e. The van der Waals surface area contributed by atoms with Crippen molar-refractivity contribution in [2.24, 2.45) is 0 Å². The van der Waals surface area contributed by atoms with E-state index in [0.29, 0.717) is 5.13 Å². The van der Waals surface area contributed by atoms with Gasteiger partial charge in [0.15, 0.2) is 5.13 Å². The Balaban J connectivity index is 1.71. The fourth-order valence-electron chi connectivity index (χ4n) is 3.14. The normalized spacial score (nSPS) is 10.9. The van der Waals surface area contributed by atoms with E-state index in [1.165, 1.54) is 22.6 Å². The summed E-state index contributed by atoms with van der Waals surface area (Å²) in [7, 11) is 4.10. The van der Waals surface area contributed by atoms with E-state index < -0.39 is 0 Å². The average molecular weight is 409 g/mol. The zero-order valence-corrected chi connectivity index (χ0v) is 18.3. The van der Waals surface area contributed by atoms with Crippen molar-refractivity contribution >= 4 is 33.8 Å². The van der Waals surface area contributed by atoms with E-state index >= 15 is 0 Å². The maximum absolute atomic E-state index is 12.2. The van der Waals surface area contributed by atoms with Crippen molar-refractivity contribution < 1.29 is 4.79 Å². The molecule has 0 aliphatic heterocycles. The van der Waals surface area contributed by atoms with Crippen molar-refractivity contribution in [1.29, 1.82) is 0 Å². The Morgan fingerprint density at radius 3 is 2.24 bits per heavy atom. The summed E-state index contributed by atoms with van der Waals surface area (Å²) in [5.41, 5.74) is 4.31.